The second-order valence-electron chi connectivity index (χ2n) is 8.97. The van der Waals surface area contributed by atoms with Crippen LogP contribution < -0.4 is 4.74 Å². The number of aliphatic hydroxyl groups excluding tert-OH is 1. The number of unbranched alkanes of at least 4 members (excludes halogenated alkanes) is 4. The molecule has 171 valence electrons. The lowest BCUT2D eigenvalue weighted by molar-refractivity contribution is -0.0834. The second-order valence-corrected chi connectivity index (χ2v) is 8.97. The summed E-state index contributed by atoms with van der Waals surface area (Å²) in [6, 6.07) is 7.50. The highest BCUT2D eigenvalue weighted by molar-refractivity contribution is 5.36. The smallest absolute Gasteiger partial charge is 0.122 e. The van der Waals surface area contributed by atoms with Gasteiger partial charge in [0.2, 0.25) is 0 Å². The van der Waals surface area contributed by atoms with Crippen LogP contribution in [0.25, 0.3) is 0 Å². The Hall–Kier alpha value is -1.10. The molecule has 2 unspecified atom stereocenters. The normalized spacial score (nSPS) is 18.8. The van der Waals surface area contributed by atoms with E-state index >= 15 is 0 Å². The predicted octanol–water partition coefficient (Wildman–Crippen LogP) is 5.80. The van der Waals surface area contributed by atoms with Gasteiger partial charge < -0.3 is 19.7 Å². The average Bonchev–Trinajstić information content (AvgIpc) is 2.77. The van der Waals surface area contributed by atoms with Crippen molar-refractivity contribution in [3.63, 3.8) is 0 Å². The van der Waals surface area contributed by atoms with Crippen LogP contribution in [0.4, 0.5) is 0 Å². The first-order valence-corrected chi connectivity index (χ1v) is 12.0. The maximum absolute atomic E-state index is 11.8. The van der Waals surface area contributed by atoms with Gasteiger partial charge in [0.1, 0.15) is 11.4 Å². The fourth-order valence-electron chi connectivity index (χ4n) is 4.47. The molecule has 0 saturated heterocycles. The van der Waals surface area contributed by atoms with E-state index in [1.54, 1.807) is 7.11 Å². The largest absolute Gasteiger partial charge is 0.497 e. The summed E-state index contributed by atoms with van der Waals surface area (Å²) >= 11 is 0. The van der Waals surface area contributed by atoms with Crippen LogP contribution >= 0.6 is 0 Å². The number of aliphatic hydroxyl groups is 2. The molecule has 1 radical (unpaired) electrons. The predicted molar refractivity (Wildman–Crippen MR) is 123 cm³/mol. The van der Waals surface area contributed by atoms with Crippen molar-refractivity contribution in [1.29, 1.82) is 0 Å². The highest BCUT2D eigenvalue weighted by atomic mass is 16.5. The molecule has 1 aromatic rings. The van der Waals surface area contributed by atoms with Gasteiger partial charge in [-0.05, 0) is 55.7 Å². The van der Waals surface area contributed by atoms with E-state index in [0.29, 0.717) is 18.9 Å². The van der Waals surface area contributed by atoms with Crippen LogP contribution in [-0.4, -0.2) is 36.6 Å². The SMILES string of the molecule is CCCCCCCOCCCC(O)C(O)([C]1CCC(C)CC1)c1ccc(OC)cc1. The molecule has 0 heterocycles. The van der Waals surface area contributed by atoms with Gasteiger partial charge in [0.15, 0.2) is 0 Å². The molecule has 30 heavy (non-hydrogen) atoms. The third kappa shape index (κ3) is 7.25. The minimum absolute atomic E-state index is 0.525. The lowest BCUT2D eigenvalue weighted by Crippen LogP contribution is -2.46. The number of ether oxygens (including phenoxy) is 2. The van der Waals surface area contributed by atoms with Gasteiger partial charge in [0, 0.05) is 19.1 Å². The lowest BCUT2D eigenvalue weighted by Gasteiger charge is -2.43. The van der Waals surface area contributed by atoms with E-state index in [0.717, 1.165) is 62.4 Å². The van der Waals surface area contributed by atoms with Crippen LogP contribution in [0.2, 0.25) is 0 Å². The van der Waals surface area contributed by atoms with Gasteiger partial charge in [-0.1, -0.05) is 64.5 Å². The Morgan fingerprint density at radius 2 is 1.63 bits per heavy atom. The van der Waals surface area contributed by atoms with E-state index in [1.165, 1.54) is 25.7 Å². The van der Waals surface area contributed by atoms with E-state index in [9.17, 15) is 10.2 Å². The van der Waals surface area contributed by atoms with Gasteiger partial charge in [-0.15, -0.1) is 0 Å². The van der Waals surface area contributed by atoms with Crippen molar-refractivity contribution in [3.8, 4) is 5.75 Å². The van der Waals surface area contributed by atoms with Crippen LogP contribution in [0.1, 0.15) is 90.0 Å². The molecule has 4 nitrogen and oxygen atoms in total. The molecule has 2 rings (SSSR count). The molecule has 1 aliphatic rings. The standard InChI is InChI=1S/C26H43O4/c1-4-5-6-7-8-19-30-20-9-10-25(27)26(28,22-13-11-21(2)12-14-22)23-15-17-24(29-3)18-16-23/h15-18,21,25,27-28H,4-14,19-20H2,1-3H3. The monoisotopic (exact) mass is 419 g/mol. The molecular weight excluding hydrogens is 376 g/mol. The molecule has 0 spiro atoms. The molecule has 0 aliphatic heterocycles. The number of benzene rings is 1. The van der Waals surface area contributed by atoms with Crippen LogP contribution in [0.3, 0.4) is 0 Å². The molecule has 1 saturated carbocycles. The quantitative estimate of drug-likeness (QED) is 0.374. The fourth-order valence-corrected chi connectivity index (χ4v) is 4.47. The molecule has 2 N–H and O–H groups in total. The summed E-state index contributed by atoms with van der Waals surface area (Å²) in [6.45, 7) is 5.91. The van der Waals surface area contributed by atoms with Crippen molar-refractivity contribution in [1.82, 2.24) is 0 Å². The van der Waals surface area contributed by atoms with E-state index in [4.69, 9.17) is 9.47 Å². The topological polar surface area (TPSA) is 58.9 Å². The third-order valence-corrected chi connectivity index (χ3v) is 6.59. The molecule has 1 aliphatic carbocycles. The maximum Gasteiger partial charge on any atom is 0.122 e. The summed E-state index contributed by atoms with van der Waals surface area (Å²) in [7, 11) is 1.64. The number of hydrogen-bond donors (Lipinski definition) is 2. The van der Waals surface area contributed by atoms with Gasteiger partial charge >= 0.3 is 0 Å². The maximum atomic E-state index is 11.8. The van der Waals surface area contributed by atoms with E-state index in [1.807, 2.05) is 24.3 Å². The Balaban J connectivity index is 1.91. The zero-order chi connectivity index (χ0) is 21.8. The minimum Gasteiger partial charge on any atom is -0.497 e. The first kappa shape index (κ1) is 25.2. The van der Waals surface area contributed by atoms with Crippen LogP contribution in [-0.2, 0) is 10.3 Å². The second kappa shape index (κ2) is 13.3. The highest BCUT2D eigenvalue weighted by Gasteiger charge is 2.45. The lowest BCUT2D eigenvalue weighted by atomic mass is 9.68. The summed E-state index contributed by atoms with van der Waals surface area (Å²) in [5, 5.41) is 22.9. The number of methoxy groups -OCH3 is 1. The van der Waals surface area contributed by atoms with Gasteiger partial charge in [-0.3, -0.25) is 0 Å². The summed E-state index contributed by atoms with van der Waals surface area (Å²) in [4.78, 5) is 0. The van der Waals surface area contributed by atoms with Gasteiger partial charge in [0.25, 0.3) is 0 Å². The van der Waals surface area contributed by atoms with E-state index < -0.39 is 11.7 Å². The molecule has 1 fully saturated rings. The molecule has 2 atom stereocenters. The summed E-state index contributed by atoms with van der Waals surface area (Å²) in [5.74, 6) is 2.50. The Labute approximate surface area is 184 Å². The zero-order valence-electron chi connectivity index (χ0n) is 19.4. The highest BCUT2D eigenvalue weighted by Crippen LogP contribution is 2.45. The van der Waals surface area contributed by atoms with Crippen molar-refractivity contribution in [3.05, 3.63) is 35.7 Å². The van der Waals surface area contributed by atoms with E-state index in [2.05, 4.69) is 13.8 Å². The fraction of sp³-hybridized carbons (Fsp3) is 0.731. The summed E-state index contributed by atoms with van der Waals surface area (Å²) in [6.07, 6.45) is 10.5. The Morgan fingerprint density at radius 3 is 2.27 bits per heavy atom. The molecule has 0 amide bonds. The summed E-state index contributed by atoms with van der Waals surface area (Å²) in [5.41, 5.74) is -0.538. The van der Waals surface area contributed by atoms with Crippen LogP contribution in [0, 0.1) is 11.8 Å². The molecule has 1 aromatic carbocycles. The Morgan fingerprint density at radius 1 is 1.00 bits per heavy atom. The molecule has 0 bridgehead atoms. The Bertz CT molecular complexity index is 565. The van der Waals surface area contributed by atoms with Gasteiger partial charge in [-0.2, -0.15) is 0 Å². The van der Waals surface area contributed by atoms with Crippen molar-refractivity contribution in [2.45, 2.75) is 96.2 Å². The molecule has 4 heteroatoms. The van der Waals surface area contributed by atoms with E-state index in [-0.39, 0.29) is 0 Å². The first-order chi connectivity index (χ1) is 14.5. The van der Waals surface area contributed by atoms with Crippen LogP contribution in [0.5, 0.6) is 5.75 Å². The summed E-state index contributed by atoms with van der Waals surface area (Å²) < 4.78 is 11.0. The van der Waals surface area contributed by atoms with Crippen LogP contribution in [0.15, 0.2) is 24.3 Å². The van der Waals surface area contributed by atoms with Crippen molar-refractivity contribution >= 4 is 0 Å². The Kier molecular flexibility index (Phi) is 11.2. The van der Waals surface area contributed by atoms with Crippen molar-refractivity contribution in [2.75, 3.05) is 20.3 Å². The molecular formula is C26H43O4. The first-order valence-electron chi connectivity index (χ1n) is 12.0. The van der Waals surface area contributed by atoms with Gasteiger partial charge in [0.05, 0.1) is 13.2 Å². The zero-order valence-corrected chi connectivity index (χ0v) is 19.4. The average molecular weight is 420 g/mol. The van der Waals surface area contributed by atoms with Crippen molar-refractivity contribution < 1.29 is 19.7 Å². The molecule has 0 aromatic heterocycles. The minimum atomic E-state index is -1.30. The number of hydrogen-bond acceptors (Lipinski definition) is 4. The number of rotatable bonds is 14. The van der Waals surface area contributed by atoms with Crippen molar-refractivity contribution in [2.24, 2.45) is 5.92 Å². The van der Waals surface area contributed by atoms with Gasteiger partial charge in [-0.25, -0.2) is 0 Å². The third-order valence-electron chi connectivity index (χ3n) is 6.59.